The molecule has 2 aromatic rings. The number of nitrogens with zero attached hydrogens (tertiary/aromatic N) is 2. The Morgan fingerprint density at radius 3 is 2.46 bits per heavy atom. The van der Waals surface area contributed by atoms with Crippen molar-refractivity contribution in [3.05, 3.63) is 48.0 Å². The van der Waals surface area contributed by atoms with Gasteiger partial charge in [0.1, 0.15) is 0 Å². The Labute approximate surface area is 166 Å². The number of carbonyl (C=O) groups is 2. The monoisotopic (exact) mass is 382 g/mol. The summed E-state index contributed by atoms with van der Waals surface area (Å²) in [5.74, 6) is -0.795. The lowest BCUT2D eigenvalue weighted by molar-refractivity contribution is -0.138. The van der Waals surface area contributed by atoms with Crippen LogP contribution in [0.2, 0.25) is 0 Å². The summed E-state index contributed by atoms with van der Waals surface area (Å²) in [5, 5.41) is 11.4. The molecule has 0 unspecified atom stereocenters. The topological polar surface area (TPSA) is 60.9 Å². The largest absolute Gasteiger partial charge is 0.481 e. The van der Waals surface area contributed by atoms with Gasteiger partial charge >= 0.3 is 5.97 Å². The van der Waals surface area contributed by atoms with Crippen LogP contribution in [0.3, 0.4) is 0 Å². The maximum atomic E-state index is 12.7. The van der Waals surface area contributed by atoms with E-state index in [1.807, 2.05) is 6.92 Å². The fraction of sp³-hybridized carbons (Fsp3) is 0.478. The number of fused-ring (bicyclic) bond motifs is 1. The van der Waals surface area contributed by atoms with Gasteiger partial charge in [-0.3, -0.25) is 14.5 Å². The first-order valence-electron chi connectivity index (χ1n) is 10.3. The van der Waals surface area contributed by atoms with Gasteiger partial charge in [0.15, 0.2) is 0 Å². The van der Waals surface area contributed by atoms with Gasteiger partial charge in [0, 0.05) is 38.6 Å². The van der Waals surface area contributed by atoms with Crippen LogP contribution in [-0.2, 0) is 16.1 Å². The van der Waals surface area contributed by atoms with Crippen molar-refractivity contribution < 1.29 is 14.7 Å². The number of rotatable bonds is 11. The van der Waals surface area contributed by atoms with E-state index in [4.69, 9.17) is 5.11 Å². The van der Waals surface area contributed by atoms with Crippen LogP contribution in [0.15, 0.2) is 42.5 Å². The van der Waals surface area contributed by atoms with Gasteiger partial charge in [-0.15, -0.1) is 0 Å². The number of hydrogen-bond acceptors (Lipinski definition) is 3. The van der Waals surface area contributed by atoms with Crippen LogP contribution in [-0.4, -0.2) is 52.5 Å². The predicted octanol–water partition coefficient (Wildman–Crippen LogP) is 3.91. The summed E-state index contributed by atoms with van der Waals surface area (Å²) in [6.07, 6.45) is 3.68. The fourth-order valence-corrected chi connectivity index (χ4v) is 3.74. The van der Waals surface area contributed by atoms with E-state index >= 15 is 0 Å². The lowest BCUT2D eigenvalue weighted by Gasteiger charge is -2.26. The Morgan fingerprint density at radius 1 is 1.00 bits per heavy atom. The number of hydrogen-bond donors (Lipinski definition) is 1. The molecule has 0 aliphatic heterocycles. The van der Waals surface area contributed by atoms with Gasteiger partial charge in [0.25, 0.3) is 0 Å². The van der Waals surface area contributed by atoms with Crippen molar-refractivity contribution >= 4 is 22.6 Å². The van der Waals surface area contributed by atoms with E-state index in [9.17, 15) is 9.59 Å². The highest BCUT2D eigenvalue weighted by Gasteiger charge is 2.29. The molecule has 0 radical (unpaired) electrons. The molecule has 0 saturated heterocycles. The van der Waals surface area contributed by atoms with Crippen molar-refractivity contribution in [2.45, 2.75) is 51.6 Å². The molecule has 0 spiro atoms. The molecule has 1 saturated carbocycles. The summed E-state index contributed by atoms with van der Waals surface area (Å²) >= 11 is 0. The molecule has 5 nitrogen and oxygen atoms in total. The summed E-state index contributed by atoms with van der Waals surface area (Å²) in [6, 6.07) is 15.4. The summed E-state index contributed by atoms with van der Waals surface area (Å²) in [6.45, 7) is 4.51. The third-order valence-corrected chi connectivity index (χ3v) is 5.37. The Bertz CT molecular complexity index is 811. The van der Waals surface area contributed by atoms with E-state index in [1.165, 1.54) is 29.2 Å². The number of benzene rings is 2. The zero-order chi connectivity index (χ0) is 19.9. The molecule has 0 heterocycles. The van der Waals surface area contributed by atoms with E-state index in [-0.39, 0.29) is 12.3 Å². The van der Waals surface area contributed by atoms with Gasteiger partial charge in [-0.2, -0.15) is 0 Å². The van der Waals surface area contributed by atoms with Crippen molar-refractivity contribution in [1.82, 2.24) is 9.80 Å². The van der Waals surface area contributed by atoms with Crippen LogP contribution in [0, 0.1) is 0 Å². The number of carboxylic acid groups (broad SMARTS) is 1. The van der Waals surface area contributed by atoms with Crippen molar-refractivity contribution in [3.63, 3.8) is 0 Å². The predicted molar refractivity (Wildman–Crippen MR) is 111 cm³/mol. The average Bonchev–Trinajstić information content (AvgIpc) is 3.53. The maximum absolute atomic E-state index is 12.7. The second-order valence-corrected chi connectivity index (χ2v) is 7.61. The second kappa shape index (κ2) is 9.69. The lowest BCUT2D eigenvalue weighted by Crippen LogP contribution is -2.37. The minimum absolute atomic E-state index is 0.00802. The third-order valence-electron chi connectivity index (χ3n) is 5.37. The van der Waals surface area contributed by atoms with Gasteiger partial charge in [-0.1, -0.05) is 49.4 Å². The van der Waals surface area contributed by atoms with Gasteiger partial charge in [-0.05, 0) is 35.6 Å². The molecule has 150 valence electrons. The highest BCUT2D eigenvalue weighted by atomic mass is 16.4. The Balaban J connectivity index is 1.63. The molecule has 3 rings (SSSR count). The third kappa shape index (κ3) is 5.55. The Hall–Kier alpha value is -2.40. The number of aliphatic carboxylic acids is 1. The number of amides is 1. The van der Waals surface area contributed by atoms with Crippen LogP contribution in [0.5, 0.6) is 0 Å². The van der Waals surface area contributed by atoms with Gasteiger partial charge in [0.05, 0.1) is 6.42 Å². The Kier molecular flexibility index (Phi) is 7.04. The van der Waals surface area contributed by atoms with Gasteiger partial charge in [0.2, 0.25) is 5.91 Å². The fourth-order valence-electron chi connectivity index (χ4n) is 3.74. The SMILES string of the molecule is CCCN(CCC(=O)O)C(=O)CCN(Cc1cccc2ccccc12)C1CC1. The molecular formula is C23H30N2O3. The van der Waals surface area contributed by atoms with Crippen molar-refractivity contribution in [1.29, 1.82) is 0 Å². The van der Waals surface area contributed by atoms with Crippen molar-refractivity contribution in [2.75, 3.05) is 19.6 Å². The molecule has 28 heavy (non-hydrogen) atoms. The van der Waals surface area contributed by atoms with Crippen LogP contribution < -0.4 is 0 Å². The van der Waals surface area contributed by atoms with Crippen LogP contribution in [0.4, 0.5) is 0 Å². The summed E-state index contributed by atoms with van der Waals surface area (Å²) < 4.78 is 0. The van der Waals surface area contributed by atoms with Crippen LogP contribution in [0.25, 0.3) is 10.8 Å². The molecule has 1 aliphatic rings. The highest BCUT2D eigenvalue weighted by molar-refractivity contribution is 5.85. The zero-order valence-electron chi connectivity index (χ0n) is 16.6. The van der Waals surface area contributed by atoms with E-state index < -0.39 is 5.97 Å². The van der Waals surface area contributed by atoms with Gasteiger partial charge in [-0.25, -0.2) is 0 Å². The smallest absolute Gasteiger partial charge is 0.305 e. The summed E-state index contributed by atoms with van der Waals surface area (Å²) in [4.78, 5) is 27.6. The highest BCUT2D eigenvalue weighted by Crippen LogP contribution is 2.30. The summed E-state index contributed by atoms with van der Waals surface area (Å²) in [7, 11) is 0. The zero-order valence-corrected chi connectivity index (χ0v) is 16.6. The van der Waals surface area contributed by atoms with E-state index in [1.54, 1.807) is 4.90 Å². The van der Waals surface area contributed by atoms with Crippen LogP contribution >= 0.6 is 0 Å². The summed E-state index contributed by atoms with van der Waals surface area (Å²) in [5.41, 5.74) is 1.30. The first kappa shape index (κ1) is 20.3. The molecule has 0 aromatic heterocycles. The molecule has 1 amide bonds. The molecule has 0 bridgehead atoms. The minimum atomic E-state index is -0.857. The van der Waals surface area contributed by atoms with Crippen LogP contribution in [0.1, 0.15) is 44.6 Å². The average molecular weight is 383 g/mol. The first-order chi connectivity index (χ1) is 13.6. The molecule has 0 atom stereocenters. The normalized spacial score (nSPS) is 13.8. The Morgan fingerprint density at radius 2 is 1.75 bits per heavy atom. The number of carboxylic acids is 1. The quantitative estimate of drug-likeness (QED) is 0.640. The maximum Gasteiger partial charge on any atom is 0.305 e. The van der Waals surface area contributed by atoms with E-state index in [0.29, 0.717) is 25.6 Å². The van der Waals surface area contributed by atoms with Crippen molar-refractivity contribution in [3.8, 4) is 0 Å². The molecule has 5 heteroatoms. The van der Waals surface area contributed by atoms with E-state index in [2.05, 4.69) is 47.4 Å². The molecule has 1 N–H and O–H groups in total. The second-order valence-electron chi connectivity index (χ2n) is 7.61. The molecular weight excluding hydrogens is 352 g/mol. The standard InChI is InChI=1S/C23H30N2O3/c1-2-14-24(16-13-23(27)28)22(26)12-15-25(20-10-11-20)17-19-8-5-7-18-6-3-4-9-21(18)19/h3-9,20H,2,10-17H2,1H3,(H,27,28). The van der Waals surface area contributed by atoms with Crippen molar-refractivity contribution in [2.24, 2.45) is 0 Å². The lowest BCUT2D eigenvalue weighted by atomic mass is 10.0. The molecule has 1 fully saturated rings. The minimum Gasteiger partial charge on any atom is -0.481 e. The molecule has 1 aliphatic carbocycles. The first-order valence-corrected chi connectivity index (χ1v) is 10.3. The van der Waals surface area contributed by atoms with Gasteiger partial charge < -0.3 is 10.0 Å². The molecule has 2 aromatic carbocycles. The van der Waals surface area contributed by atoms with E-state index in [0.717, 1.165) is 19.5 Å². The number of carbonyl (C=O) groups excluding carboxylic acids is 1.